The van der Waals surface area contributed by atoms with Crippen LogP contribution in [0, 0.1) is 5.82 Å². The highest BCUT2D eigenvalue weighted by Crippen LogP contribution is 2.25. The Morgan fingerprint density at radius 3 is 2.84 bits per heavy atom. The predicted molar refractivity (Wildman–Crippen MR) is 142 cm³/mol. The summed E-state index contributed by atoms with van der Waals surface area (Å²) in [6.07, 6.45) is 3.86. The molecule has 4 rings (SSSR count). The van der Waals surface area contributed by atoms with Gasteiger partial charge < -0.3 is 20.5 Å². The van der Waals surface area contributed by atoms with Crippen molar-refractivity contribution in [3.63, 3.8) is 0 Å². The van der Waals surface area contributed by atoms with Gasteiger partial charge in [-0.1, -0.05) is 11.3 Å². The molecule has 1 amide bonds. The summed E-state index contributed by atoms with van der Waals surface area (Å²) in [5.41, 5.74) is 1.06. The van der Waals surface area contributed by atoms with E-state index in [0.717, 1.165) is 18.4 Å². The summed E-state index contributed by atoms with van der Waals surface area (Å²) >= 11 is 0. The number of rotatable bonds is 13. The zero-order valence-electron chi connectivity index (χ0n) is 21.3. The third-order valence-electron chi connectivity index (χ3n) is 5.78. The van der Waals surface area contributed by atoms with E-state index in [9.17, 15) is 14.3 Å². The van der Waals surface area contributed by atoms with Crippen LogP contribution >= 0.6 is 0 Å². The third kappa shape index (κ3) is 7.43. The van der Waals surface area contributed by atoms with Crippen molar-refractivity contribution in [2.75, 3.05) is 36.9 Å². The van der Waals surface area contributed by atoms with Gasteiger partial charge in [-0.05, 0) is 50.6 Å². The fraction of sp³-hybridized carbons (Fsp3) is 0.346. The van der Waals surface area contributed by atoms with Gasteiger partial charge >= 0.3 is 0 Å². The number of aliphatic hydroxyl groups is 1. The highest BCUT2D eigenvalue weighted by molar-refractivity contribution is 5.91. The third-order valence-corrected chi connectivity index (χ3v) is 5.78. The summed E-state index contributed by atoms with van der Waals surface area (Å²) in [5, 5.41) is 23.7. The van der Waals surface area contributed by atoms with E-state index in [-0.39, 0.29) is 19.1 Å². The molecule has 0 saturated heterocycles. The van der Waals surface area contributed by atoms with E-state index in [1.165, 1.54) is 29.2 Å². The summed E-state index contributed by atoms with van der Waals surface area (Å²) in [5.74, 6) is 0.849. The van der Waals surface area contributed by atoms with Crippen LogP contribution in [-0.4, -0.2) is 73.2 Å². The van der Waals surface area contributed by atoms with Crippen LogP contribution in [0.5, 0.6) is 5.75 Å². The maximum Gasteiger partial charge on any atom is 0.246 e. The average Bonchev–Trinajstić information content (AvgIpc) is 3.32. The minimum Gasteiger partial charge on any atom is -0.493 e. The lowest BCUT2D eigenvalue weighted by atomic mass is 10.2. The van der Waals surface area contributed by atoms with Gasteiger partial charge in [0, 0.05) is 36.3 Å². The standard InChI is InChI=1S/C26H31FN8O3/c1-18(2)34(10-11-36)9-4-12-38-21-7-8-22-23(14-21)28-17-29-26(22)31-24-15-35(33-32-24)16-25(37)30-20-6-3-5-19(27)13-20/h3,5-8,13-15,17-18,36H,4,9-12,16H2,1-2H3,(H,30,37)(H,28,29,31). The Labute approximate surface area is 219 Å². The van der Waals surface area contributed by atoms with E-state index in [2.05, 4.69) is 49.7 Å². The Balaban J connectivity index is 1.33. The lowest BCUT2D eigenvalue weighted by molar-refractivity contribution is -0.116. The number of carbonyl (C=O) groups excluding carboxylic acids is 1. The van der Waals surface area contributed by atoms with Crippen LogP contribution in [0.1, 0.15) is 20.3 Å². The summed E-state index contributed by atoms with van der Waals surface area (Å²) < 4.78 is 20.6. The highest BCUT2D eigenvalue weighted by atomic mass is 19.1. The number of hydrogen-bond acceptors (Lipinski definition) is 9. The van der Waals surface area contributed by atoms with Crippen molar-refractivity contribution in [2.24, 2.45) is 0 Å². The van der Waals surface area contributed by atoms with Crippen LogP contribution in [0.25, 0.3) is 10.9 Å². The van der Waals surface area contributed by atoms with Gasteiger partial charge in [0.2, 0.25) is 5.91 Å². The van der Waals surface area contributed by atoms with E-state index in [4.69, 9.17) is 4.74 Å². The molecule has 200 valence electrons. The molecule has 11 nitrogen and oxygen atoms in total. The van der Waals surface area contributed by atoms with Crippen molar-refractivity contribution >= 4 is 34.1 Å². The van der Waals surface area contributed by atoms with Gasteiger partial charge in [-0.2, -0.15) is 0 Å². The van der Waals surface area contributed by atoms with Crippen molar-refractivity contribution in [1.29, 1.82) is 0 Å². The van der Waals surface area contributed by atoms with Gasteiger partial charge in [0.25, 0.3) is 0 Å². The molecule has 3 N–H and O–H groups in total. The number of hydrogen-bond donors (Lipinski definition) is 3. The Hall–Kier alpha value is -4.16. The quantitative estimate of drug-likeness (QED) is 0.227. The molecule has 0 aliphatic heterocycles. The van der Waals surface area contributed by atoms with Crippen molar-refractivity contribution in [3.05, 3.63) is 60.8 Å². The number of amides is 1. The number of aliphatic hydroxyl groups excluding tert-OH is 1. The van der Waals surface area contributed by atoms with E-state index in [1.54, 1.807) is 12.3 Å². The van der Waals surface area contributed by atoms with Crippen molar-refractivity contribution in [1.82, 2.24) is 29.9 Å². The maximum atomic E-state index is 13.3. The van der Waals surface area contributed by atoms with E-state index in [1.807, 2.05) is 18.2 Å². The first-order chi connectivity index (χ1) is 18.4. The second-order valence-corrected chi connectivity index (χ2v) is 8.94. The average molecular weight is 523 g/mol. The molecule has 0 radical (unpaired) electrons. The normalized spacial score (nSPS) is 11.3. The summed E-state index contributed by atoms with van der Waals surface area (Å²) in [4.78, 5) is 23.1. The van der Waals surface area contributed by atoms with Gasteiger partial charge in [0.15, 0.2) is 5.82 Å². The first-order valence-corrected chi connectivity index (χ1v) is 12.4. The first kappa shape index (κ1) is 26.9. The molecule has 2 aromatic carbocycles. The van der Waals surface area contributed by atoms with Crippen LogP contribution in [-0.2, 0) is 11.3 Å². The zero-order valence-corrected chi connectivity index (χ0v) is 21.3. The molecule has 4 aromatic rings. The molecule has 0 atom stereocenters. The number of nitrogens with one attached hydrogen (secondary N) is 2. The number of fused-ring (bicyclic) bond motifs is 1. The molecule has 0 unspecified atom stereocenters. The summed E-state index contributed by atoms with van der Waals surface area (Å²) in [6, 6.07) is 11.6. The SMILES string of the molecule is CC(C)N(CCO)CCCOc1ccc2c(Nc3cn(CC(=O)Nc4cccc(F)c4)nn3)ncnc2c1. The fourth-order valence-electron chi connectivity index (χ4n) is 3.91. The molecule has 0 saturated carbocycles. The minimum absolute atomic E-state index is 0.0919. The monoisotopic (exact) mass is 522 g/mol. The maximum absolute atomic E-state index is 13.3. The molecule has 0 aliphatic rings. The molecule has 0 spiro atoms. The number of ether oxygens (including phenoxy) is 1. The van der Waals surface area contributed by atoms with E-state index in [0.29, 0.717) is 47.8 Å². The number of carbonyl (C=O) groups is 1. The summed E-state index contributed by atoms with van der Waals surface area (Å²) in [7, 11) is 0. The minimum atomic E-state index is -0.432. The molecule has 0 bridgehead atoms. The molecular formula is C26H31FN8O3. The van der Waals surface area contributed by atoms with Gasteiger partial charge in [0.1, 0.15) is 30.3 Å². The molecule has 12 heteroatoms. The van der Waals surface area contributed by atoms with Crippen molar-refractivity contribution in [3.8, 4) is 5.75 Å². The number of benzene rings is 2. The lowest BCUT2D eigenvalue weighted by Gasteiger charge is -2.25. The number of aromatic nitrogens is 5. The second-order valence-electron chi connectivity index (χ2n) is 8.94. The van der Waals surface area contributed by atoms with Crippen LogP contribution in [0.15, 0.2) is 55.0 Å². The Bertz CT molecular complexity index is 1360. The van der Waals surface area contributed by atoms with Crippen LogP contribution < -0.4 is 15.4 Å². The molecule has 2 aromatic heterocycles. The van der Waals surface area contributed by atoms with Gasteiger partial charge in [-0.25, -0.2) is 19.0 Å². The van der Waals surface area contributed by atoms with Crippen LogP contribution in [0.2, 0.25) is 0 Å². The molecule has 0 fully saturated rings. The Morgan fingerprint density at radius 2 is 2.05 bits per heavy atom. The van der Waals surface area contributed by atoms with E-state index >= 15 is 0 Å². The van der Waals surface area contributed by atoms with Gasteiger partial charge in [-0.15, -0.1) is 5.10 Å². The zero-order chi connectivity index (χ0) is 26.9. The largest absolute Gasteiger partial charge is 0.493 e. The Kier molecular flexibility index (Phi) is 9.11. The fourth-order valence-corrected chi connectivity index (χ4v) is 3.91. The molecular weight excluding hydrogens is 491 g/mol. The highest BCUT2D eigenvalue weighted by Gasteiger charge is 2.11. The summed E-state index contributed by atoms with van der Waals surface area (Å²) in [6.45, 7) is 6.31. The first-order valence-electron chi connectivity index (χ1n) is 12.4. The second kappa shape index (κ2) is 12.9. The van der Waals surface area contributed by atoms with Crippen molar-refractivity contribution < 1.29 is 19.0 Å². The smallest absolute Gasteiger partial charge is 0.246 e. The number of anilines is 3. The lowest BCUT2D eigenvalue weighted by Crippen LogP contribution is -2.34. The van der Waals surface area contributed by atoms with Crippen molar-refractivity contribution in [2.45, 2.75) is 32.9 Å². The number of nitrogens with zero attached hydrogens (tertiary/aromatic N) is 6. The van der Waals surface area contributed by atoms with Gasteiger partial charge in [0.05, 0.1) is 24.9 Å². The molecule has 2 heterocycles. The predicted octanol–water partition coefficient (Wildman–Crippen LogP) is 3.21. The molecule has 38 heavy (non-hydrogen) atoms. The van der Waals surface area contributed by atoms with Gasteiger partial charge in [-0.3, -0.25) is 9.69 Å². The Morgan fingerprint density at radius 1 is 1.18 bits per heavy atom. The van der Waals surface area contributed by atoms with Crippen LogP contribution in [0.3, 0.4) is 0 Å². The number of halogens is 1. The molecule has 0 aliphatic carbocycles. The topological polar surface area (TPSA) is 130 Å². The van der Waals surface area contributed by atoms with E-state index < -0.39 is 5.82 Å². The van der Waals surface area contributed by atoms with Crippen LogP contribution in [0.4, 0.5) is 21.7 Å².